The van der Waals surface area contributed by atoms with Crippen LogP contribution in [0, 0.1) is 5.82 Å². The smallest absolute Gasteiger partial charge is 0.273 e. The van der Waals surface area contributed by atoms with Gasteiger partial charge in [0.2, 0.25) is 0 Å². The Morgan fingerprint density at radius 2 is 1.90 bits per heavy atom. The lowest BCUT2D eigenvalue weighted by molar-refractivity contribution is 0.0788. The van der Waals surface area contributed by atoms with Crippen LogP contribution in [0.2, 0.25) is 0 Å². The highest BCUT2D eigenvalue weighted by Crippen LogP contribution is 2.26. The molecule has 0 aliphatic heterocycles. The summed E-state index contributed by atoms with van der Waals surface area (Å²) in [5.41, 5.74) is 3.77. The summed E-state index contributed by atoms with van der Waals surface area (Å²) in [6.45, 7) is 0.588. The maximum Gasteiger partial charge on any atom is 0.273 e. The molecule has 0 atom stereocenters. The molecule has 4 rings (SSSR count). The molecule has 5 nitrogen and oxygen atoms in total. The molecule has 2 aromatic carbocycles. The molecular weight excluding hydrogens is 399 g/mol. The lowest BCUT2D eigenvalue weighted by Crippen LogP contribution is -2.28. The van der Waals surface area contributed by atoms with Gasteiger partial charge in [0, 0.05) is 35.8 Å². The summed E-state index contributed by atoms with van der Waals surface area (Å²) in [5.74, 6) is -0.503. The average molecular weight is 421 g/mol. The molecule has 0 aliphatic carbocycles. The van der Waals surface area contributed by atoms with Crippen molar-refractivity contribution in [3.63, 3.8) is 0 Å². The first-order valence-corrected chi connectivity index (χ1v) is 10.6. The van der Waals surface area contributed by atoms with E-state index in [9.17, 15) is 9.18 Å². The van der Waals surface area contributed by atoms with Crippen molar-refractivity contribution in [1.82, 2.24) is 20.1 Å². The summed E-state index contributed by atoms with van der Waals surface area (Å²) in [7, 11) is 1.76. The Hall–Kier alpha value is -3.32. The number of aromatic nitrogens is 3. The number of halogens is 1. The van der Waals surface area contributed by atoms with Crippen LogP contribution in [0.25, 0.3) is 21.8 Å². The molecule has 1 amide bonds. The van der Waals surface area contributed by atoms with Crippen LogP contribution in [0.15, 0.2) is 66.0 Å². The number of carbonyl (C=O) groups excluding carboxylic acids is 1. The first kappa shape index (κ1) is 20.0. The van der Waals surface area contributed by atoms with E-state index in [1.54, 1.807) is 35.5 Å². The van der Waals surface area contributed by atoms with Crippen LogP contribution in [0.3, 0.4) is 0 Å². The molecule has 30 heavy (non-hydrogen) atoms. The summed E-state index contributed by atoms with van der Waals surface area (Å²) < 4.78 is 13.9. The van der Waals surface area contributed by atoms with Gasteiger partial charge in [0.15, 0.2) is 0 Å². The Kier molecular flexibility index (Phi) is 5.99. The van der Waals surface area contributed by atoms with Gasteiger partial charge in [-0.1, -0.05) is 42.5 Å². The zero-order valence-corrected chi connectivity index (χ0v) is 17.3. The predicted molar refractivity (Wildman–Crippen MR) is 117 cm³/mol. The second-order valence-electron chi connectivity index (χ2n) is 6.99. The van der Waals surface area contributed by atoms with E-state index < -0.39 is 0 Å². The average Bonchev–Trinajstić information content (AvgIpc) is 3.44. The number of benzene rings is 2. The minimum atomic E-state index is -0.339. The first-order chi connectivity index (χ1) is 14.6. The number of amides is 1. The van der Waals surface area contributed by atoms with Crippen molar-refractivity contribution < 1.29 is 9.18 Å². The van der Waals surface area contributed by atoms with Crippen LogP contribution in [-0.4, -0.2) is 39.6 Å². The molecule has 0 spiro atoms. The molecule has 0 fully saturated rings. The van der Waals surface area contributed by atoms with Crippen molar-refractivity contribution in [3.8, 4) is 21.8 Å². The zero-order valence-electron chi connectivity index (χ0n) is 16.5. The molecule has 0 aliphatic rings. The maximum atomic E-state index is 13.9. The van der Waals surface area contributed by atoms with Gasteiger partial charge < -0.3 is 4.90 Å². The van der Waals surface area contributed by atoms with Gasteiger partial charge in [-0.05, 0) is 31.0 Å². The fourth-order valence-corrected chi connectivity index (χ4v) is 4.00. The SMILES string of the molecule is CN(CCCc1cc(-c2ccccc2)n[nH]1)C(=O)c1csc(-c2ccccc2F)n1. The van der Waals surface area contributed by atoms with Gasteiger partial charge in [-0.15, -0.1) is 11.3 Å². The standard InChI is InChI=1S/C23H21FN4OS/c1-28(13-7-10-17-14-20(27-26-17)16-8-3-2-4-9-16)23(29)21-15-30-22(25-21)18-11-5-6-12-19(18)24/h2-6,8-9,11-12,14-15H,7,10,13H2,1H3,(H,26,27). The highest BCUT2D eigenvalue weighted by atomic mass is 32.1. The van der Waals surface area contributed by atoms with Crippen LogP contribution in [-0.2, 0) is 6.42 Å². The number of aromatic amines is 1. The van der Waals surface area contributed by atoms with Gasteiger partial charge >= 0.3 is 0 Å². The molecule has 0 radical (unpaired) electrons. The zero-order chi connectivity index (χ0) is 20.9. The lowest BCUT2D eigenvalue weighted by atomic mass is 10.1. The van der Waals surface area contributed by atoms with Crippen molar-refractivity contribution in [2.45, 2.75) is 12.8 Å². The van der Waals surface area contributed by atoms with Crippen LogP contribution < -0.4 is 0 Å². The number of thiazole rings is 1. The Bertz CT molecular complexity index is 1140. The van der Waals surface area contributed by atoms with Crippen molar-refractivity contribution >= 4 is 17.2 Å². The minimum Gasteiger partial charge on any atom is -0.340 e. The summed E-state index contributed by atoms with van der Waals surface area (Å²) in [6.07, 6.45) is 1.58. The Morgan fingerprint density at radius 3 is 2.70 bits per heavy atom. The second-order valence-corrected chi connectivity index (χ2v) is 7.85. The molecule has 2 heterocycles. The molecule has 0 saturated carbocycles. The molecule has 0 bridgehead atoms. The van der Waals surface area contributed by atoms with Crippen LogP contribution in [0.4, 0.5) is 4.39 Å². The summed E-state index contributed by atoms with van der Waals surface area (Å²) >= 11 is 1.27. The van der Waals surface area contributed by atoms with Crippen LogP contribution in [0.1, 0.15) is 22.6 Å². The van der Waals surface area contributed by atoms with Gasteiger partial charge in [0.1, 0.15) is 16.5 Å². The molecule has 7 heteroatoms. The third-order valence-electron chi connectivity index (χ3n) is 4.81. The van der Waals surface area contributed by atoms with Crippen molar-refractivity contribution in [1.29, 1.82) is 0 Å². The van der Waals surface area contributed by atoms with E-state index in [-0.39, 0.29) is 11.7 Å². The van der Waals surface area contributed by atoms with Gasteiger partial charge in [-0.25, -0.2) is 9.37 Å². The number of H-pyrrole nitrogens is 1. The molecule has 2 aromatic heterocycles. The number of rotatable bonds is 7. The maximum absolute atomic E-state index is 13.9. The monoisotopic (exact) mass is 420 g/mol. The van der Waals surface area contributed by atoms with Crippen LogP contribution >= 0.6 is 11.3 Å². The summed E-state index contributed by atoms with van der Waals surface area (Å²) in [4.78, 5) is 18.6. The first-order valence-electron chi connectivity index (χ1n) is 9.67. The Balaban J connectivity index is 1.33. The van der Waals surface area contributed by atoms with Gasteiger partial charge in [0.25, 0.3) is 5.91 Å². The fourth-order valence-electron chi connectivity index (χ4n) is 3.18. The molecule has 1 N–H and O–H groups in total. The van der Waals surface area contributed by atoms with Crippen LogP contribution in [0.5, 0.6) is 0 Å². The van der Waals surface area contributed by atoms with E-state index in [0.717, 1.165) is 29.8 Å². The highest BCUT2D eigenvalue weighted by molar-refractivity contribution is 7.13. The Labute approximate surface area is 178 Å². The van der Waals surface area contributed by atoms with Crippen molar-refractivity contribution in [2.24, 2.45) is 0 Å². The van der Waals surface area contributed by atoms with Gasteiger partial charge in [0.05, 0.1) is 5.69 Å². The van der Waals surface area contributed by atoms with E-state index in [0.29, 0.717) is 22.8 Å². The molecule has 4 aromatic rings. The molecule has 0 saturated heterocycles. The summed E-state index contributed by atoms with van der Waals surface area (Å²) in [5, 5.41) is 9.62. The lowest BCUT2D eigenvalue weighted by Gasteiger charge is -2.15. The van der Waals surface area contributed by atoms with Crippen molar-refractivity contribution in [3.05, 3.63) is 83.2 Å². The number of carbonyl (C=O) groups is 1. The van der Waals surface area contributed by atoms with E-state index >= 15 is 0 Å². The highest BCUT2D eigenvalue weighted by Gasteiger charge is 2.17. The van der Waals surface area contributed by atoms with E-state index in [1.165, 1.54) is 17.4 Å². The number of aryl methyl sites for hydroxylation is 1. The molecular formula is C23H21FN4OS. The van der Waals surface area contributed by atoms with E-state index in [4.69, 9.17) is 0 Å². The van der Waals surface area contributed by atoms with E-state index in [1.807, 2.05) is 36.4 Å². The van der Waals surface area contributed by atoms with E-state index in [2.05, 4.69) is 15.2 Å². The number of nitrogens with one attached hydrogen (secondary N) is 1. The topological polar surface area (TPSA) is 61.9 Å². The quantitative estimate of drug-likeness (QED) is 0.455. The Morgan fingerprint density at radius 1 is 1.13 bits per heavy atom. The summed E-state index contributed by atoms with van der Waals surface area (Å²) in [6, 6.07) is 18.5. The fraction of sp³-hybridized carbons (Fsp3) is 0.174. The second kappa shape index (κ2) is 9.00. The normalized spacial score (nSPS) is 10.9. The largest absolute Gasteiger partial charge is 0.340 e. The number of nitrogens with zero attached hydrogens (tertiary/aromatic N) is 3. The van der Waals surface area contributed by atoms with Gasteiger partial charge in [-0.3, -0.25) is 9.89 Å². The molecule has 0 unspecified atom stereocenters. The molecule has 152 valence electrons. The minimum absolute atomic E-state index is 0.163. The number of hydrogen-bond donors (Lipinski definition) is 1. The third kappa shape index (κ3) is 4.46. The van der Waals surface area contributed by atoms with Gasteiger partial charge in [-0.2, -0.15) is 5.10 Å². The van der Waals surface area contributed by atoms with Crippen molar-refractivity contribution in [2.75, 3.05) is 13.6 Å². The third-order valence-corrected chi connectivity index (χ3v) is 5.69. The predicted octanol–water partition coefficient (Wildman–Crippen LogP) is 5.04. The number of hydrogen-bond acceptors (Lipinski definition) is 4.